The van der Waals surface area contributed by atoms with Crippen LogP contribution in [0.4, 0.5) is 4.79 Å². The molecule has 0 aromatic carbocycles. The third-order valence-electron chi connectivity index (χ3n) is 0.508. The van der Waals surface area contributed by atoms with Gasteiger partial charge in [-0.3, -0.25) is 0 Å². The molecule has 0 saturated carbocycles. The van der Waals surface area contributed by atoms with Crippen molar-refractivity contribution in [1.29, 1.82) is 0 Å². The second-order valence-electron chi connectivity index (χ2n) is 1.37. The molecule has 0 aromatic heterocycles. The molecule has 12 heavy (non-hydrogen) atoms. The molecule has 0 amide bonds. The smallest absolute Gasteiger partial charge is 0.0845 e. The molecule has 0 aromatic rings. The first-order valence-electron chi connectivity index (χ1n) is 2.34. The van der Waals surface area contributed by atoms with E-state index in [2.05, 4.69) is 5.73 Å². The SMILES string of the molecule is NC(C(=O)[O-])C(=O)[O-].O=C([O-])[O-]. The first-order chi connectivity index (χ1) is 5.29. The highest BCUT2D eigenvalue weighted by atomic mass is 16.6. The van der Waals surface area contributed by atoms with Crippen LogP contribution in [-0.4, -0.2) is 24.1 Å². The molecule has 0 atom stereocenters. The van der Waals surface area contributed by atoms with Crippen molar-refractivity contribution in [3.8, 4) is 0 Å². The molecule has 0 aliphatic rings. The lowest BCUT2D eigenvalue weighted by Gasteiger charge is -2.11. The molecule has 0 spiro atoms. The maximum atomic E-state index is 9.48. The van der Waals surface area contributed by atoms with E-state index in [0.717, 1.165) is 0 Å². The number of hydrogen-bond donors (Lipinski definition) is 1. The van der Waals surface area contributed by atoms with Crippen LogP contribution in [-0.2, 0) is 9.59 Å². The van der Waals surface area contributed by atoms with E-state index >= 15 is 0 Å². The van der Waals surface area contributed by atoms with E-state index in [4.69, 9.17) is 15.0 Å². The molecule has 0 aliphatic heterocycles. The van der Waals surface area contributed by atoms with Crippen LogP contribution in [0.3, 0.4) is 0 Å². The normalized spacial score (nSPS) is 8.17. The topological polar surface area (TPSA) is 169 Å². The fourth-order valence-electron chi connectivity index (χ4n) is 0.0962. The molecule has 0 saturated heterocycles. The van der Waals surface area contributed by atoms with E-state index in [9.17, 15) is 19.8 Å². The molecule has 0 unspecified atom stereocenters. The lowest BCUT2D eigenvalue weighted by atomic mass is 10.3. The summed E-state index contributed by atoms with van der Waals surface area (Å²) in [6.07, 6.45) is -2.33. The Morgan fingerprint density at radius 1 is 0.917 bits per heavy atom. The van der Waals surface area contributed by atoms with Crippen LogP contribution in [0.2, 0.25) is 0 Å². The minimum Gasteiger partial charge on any atom is -0.652 e. The number of carbonyl (C=O) groups is 3. The van der Waals surface area contributed by atoms with Gasteiger partial charge in [0.25, 0.3) is 0 Å². The third kappa shape index (κ3) is 11.0. The molecule has 0 rings (SSSR count). The van der Waals surface area contributed by atoms with Crippen LogP contribution in [0.5, 0.6) is 0 Å². The van der Waals surface area contributed by atoms with Crippen molar-refractivity contribution in [1.82, 2.24) is 0 Å². The zero-order valence-electron chi connectivity index (χ0n) is 5.51. The number of carboxylic acid groups (broad SMARTS) is 4. The summed E-state index contributed by atoms with van der Waals surface area (Å²) in [5.41, 5.74) is 4.44. The first-order valence-corrected chi connectivity index (χ1v) is 2.34. The van der Waals surface area contributed by atoms with Gasteiger partial charge in [-0.1, -0.05) is 0 Å². The van der Waals surface area contributed by atoms with Crippen LogP contribution in [0, 0.1) is 0 Å². The van der Waals surface area contributed by atoms with Gasteiger partial charge in [0.2, 0.25) is 0 Å². The summed E-state index contributed by atoms with van der Waals surface area (Å²) in [6.45, 7) is 0. The average Bonchev–Trinajstić information content (AvgIpc) is 1.84. The van der Waals surface area contributed by atoms with E-state index in [1.165, 1.54) is 0 Å². The predicted octanol–water partition coefficient (Wildman–Crippen LogP) is -6.63. The molecule has 8 heteroatoms. The Kier molecular flexibility index (Phi) is 6.32. The Morgan fingerprint density at radius 3 is 1.08 bits per heavy atom. The number of nitrogens with two attached hydrogens (primary N) is 1. The van der Waals surface area contributed by atoms with Crippen LogP contribution >= 0.6 is 0 Å². The average molecular weight is 177 g/mol. The summed E-state index contributed by atoms with van der Waals surface area (Å²) < 4.78 is 0. The summed E-state index contributed by atoms with van der Waals surface area (Å²) in [6, 6.07) is -2.02. The number of rotatable bonds is 2. The fraction of sp³-hybridized carbons (Fsp3) is 0.250. The van der Waals surface area contributed by atoms with Gasteiger partial charge in [-0.2, -0.15) is 0 Å². The molecule has 0 fully saturated rings. The maximum absolute atomic E-state index is 9.48. The second kappa shape index (κ2) is 5.92. The maximum Gasteiger partial charge on any atom is 0.0845 e. The van der Waals surface area contributed by atoms with Crippen LogP contribution in [0.15, 0.2) is 0 Å². The summed E-state index contributed by atoms with van der Waals surface area (Å²) >= 11 is 0. The molecule has 2 N–H and O–H groups in total. The molecule has 8 nitrogen and oxygen atoms in total. The second-order valence-corrected chi connectivity index (χ2v) is 1.37. The van der Waals surface area contributed by atoms with Crippen LogP contribution in [0.1, 0.15) is 0 Å². The molecular formula is C4H3NO7-4. The van der Waals surface area contributed by atoms with Gasteiger partial charge in [0, 0.05) is 0 Å². The van der Waals surface area contributed by atoms with Crippen molar-refractivity contribution in [2.45, 2.75) is 6.04 Å². The van der Waals surface area contributed by atoms with Gasteiger partial charge in [-0.15, -0.1) is 0 Å². The van der Waals surface area contributed by atoms with Gasteiger partial charge >= 0.3 is 0 Å². The van der Waals surface area contributed by atoms with E-state index in [0.29, 0.717) is 0 Å². The Morgan fingerprint density at radius 2 is 1.08 bits per heavy atom. The molecule has 0 radical (unpaired) electrons. The molecule has 0 bridgehead atoms. The molecule has 0 heterocycles. The Balaban J connectivity index is 0. The van der Waals surface area contributed by atoms with Crippen LogP contribution < -0.4 is 26.2 Å². The summed E-state index contributed by atoms with van der Waals surface area (Å²) in [5, 5.41) is 35.6. The Hall–Kier alpha value is -1.83. The van der Waals surface area contributed by atoms with Gasteiger partial charge in [0.05, 0.1) is 18.0 Å². The summed E-state index contributed by atoms with van der Waals surface area (Å²) in [7, 11) is 0. The molecular weight excluding hydrogens is 174 g/mol. The lowest BCUT2D eigenvalue weighted by Crippen LogP contribution is -2.53. The van der Waals surface area contributed by atoms with E-state index < -0.39 is 24.1 Å². The zero-order chi connectivity index (χ0) is 10.3. The zero-order valence-corrected chi connectivity index (χ0v) is 5.51. The number of hydrogen-bond acceptors (Lipinski definition) is 8. The minimum atomic E-state index is -2.33. The van der Waals surface area contributed by atoms with E-state index in [1.54, 1.807) is 0 Å². The standard InChI is InChI=1S/C3H5NO4.CH2O3/c4-1(2(5)6)3(7)8;2-1(3)4/h1H,4H2,(H,5,6)(H,7,8);(H2,2,3,4)/p-4. The van der Waals surface area contributed by atoms with Crippen molar-refractivity contribution < 1.29 is 34.8 Å². The molecule has 70 valence electrons. The third-order valence-corrected chi connectivity index (χ3v) is 0.508. The first kappa shape index (κ1) is 12.8. The lowest BCUT2D eigenvalue weighted by molar-refractivity contribution is -0.415. The predicted molar refractivity (Wildman–Crippen MR) is 23.4 cm³/mol. The monoisotopic (exact) mass is 177 g/mol. The quantitative estimate of drug-likeness (QED) is 0.405. The van der Waals surface area contributed by atoms with Gasteiger partial charge in [-0.05, 0) is 6.16 Å². The van der Waals surface area contributed by atoms with Crippen molar-refractivity contribution in [3.63, 3.8) is 0 Å². The van der Waals surface area contributed by atoms with Crippen molar-refractivity contribution in [3.05, 3.63) is 0 Å². The number of carboxylic acids is 2. The summed E-state index contributed by atoms with van der Waals surface area (Å²) in [5.74, 6) is -3.69. The Bertz CT molecular complexity index is 170. The van der Waals surface area contributed by atoms with Gasteiger partial charge in [0.1, 0.15) is 0 Å². The highest BCUT2D eigenvalue weighted by Gasteiger charge is 2.00. The van der Waals surface area contributed by atoms with Crippen molar-refractivity contribution in [2.24, 2.45) is 5.73 Å². The van der Waals surface area contributed by atoms with Crippen molar-refractivity contribution in [2.75, 3.05) is 0 Å². The molecule has 0 aliphatic carbocycles. The number of carbonyl (C=O) groups excluding carboxylic acids is 3. The number of aliphatic carboxylic acids is 2. The van der Waals surface area contributed by atoms with E-state index in [1.807, 2.05) is 0 Å². The minimum absolute atomic E-state index is 1.84. The van der Waals surface area contributed by atoms with Crippen molar-refractivity contribution >= 4 is 18.1 Å². The fourth-order valence-corrected chi connectivity index (χ4v) is 0.0962. The van der Waals surface area contributed by atoms with Gasteiger partial charge < -0.3 is 40.5 Å². The summed E-state index contributed by atoms with van der Waals surface area (Å²) in [4.78, 5) is 27.3. The largest absolute Gasteiger partial charge is 0.652 e. The Labute approximate surface area is 65.8 Å². The van der Waals surface area contributed by atoms with E-state index in [-0.39, 0.29) is 0 Å². The van der Waals surface area contributed by atoms with Gasteiger partial charge in [0.15, 0.2) is 0 Å². The van der Waals surface area contributed by atoms with Gasteiger partial charge in [-0.25, -0.2) is 0 Å². The van der Waals surface area contributed by atoms with Crippen LogP contribution in [0.25, 0.3) is 0 Å². The highest BCUT2D eigenvalue weighted by Crippen LogP contribution is 1.67. The highest BCUT2D eigenvalue weighted by molar-refractivity contribution is 5.94.